The number of nitro benzene ring substituents is 1. The van der Waals surface area contributed by atoms with Crippen LogP contribution in [0.25, 0.3) is 0 Å². The quantitative estimate of drug-likeness (QED) is 0.633. The number of nitrogens with one attached hydrogen (secondary N) is 1. The Morgan fingerprint density at radius 3 is 2.50 bits per heavy atom. The minimum Gasteiger partial charge on any atom is -0.323 e. The molecule has 9 nitrogen and oxygen atoms in total. The summed E-state index contributed by atoms with van der Waals surface area (Å²) in [5.41, 5.74) is -5.15. The Morgan fingerprint density at radius 1 is 1.42 bits per heavy atom. The molecule has 0 unspecified atom stereocenters. The predicted octanol–water partition coefficient (Wildman–Crippen LogP) is 1.60. The molecule has 0 saturated carbocycles. The first-order valence-corrected chi connectivity index (χ1v) is 7.44. The number of carbonyl (C=O) groups is 1. The summed E-state index contributed by atoms with van der Waals surface area (Å²) in [5, 5.41) is 12.7. The molecule has 1 saturated heterocycles. The van der Waals surface area contributed by atoms with Crippen LogP contribution in [0.2, 0.25) is 0 Å². The molecule has 132 valence electrons. The van der Waals surface area contributed by atoms with Crippen molar-refractivity contribution < 1.29 is 39.7 Å². The third kappa shape index (κ3) is 3.63. The maximum Gasteiger partial charge on any atom is 0.423 e. The van der Waals surface area contributed by atoms with E-state index in [0.29, 0.717) is 12.1 Å². The topological polar surface area (TPSA) is 125 Å². The lowest BCUT2D eigenvalue weighted by atomic mass is 10.1. The molecule has 13 heteroatoms. The number of hydrogen-bond acceptors (Lipinski definition) is 7. The molecule has 1 amide bonds. The SMILES string of the molecule is C[C@]1(C(=O)Nc2ccc([N+](=O)[O-])c(C(F)(F)F)c2)COS(=O)(=O)O1. The Bertz CT molecular complexity index is 808. The van der Waals surface area contributed by atoms with Gasteiger partial charge in [0.2, 0.25) is 0 Å². The molecular weight excluding hydrogens is 361 g/mol. The minimum atomic E-state index is -5.02. The lowest BCUT2D eigenvalue weighted by Crippen LogP contribution is -2.42. The summed E-state index contributed by atoms with van der Waals surface area (Å²) >= 11 is 0. The number of rotatable bonds is 3. The predicted molar refractivity (Wildman–Crippen MR) is 71.1 cm³/mol. The van der Waals surface area contributed by atoms with Crippen molar-refractivity contribution in [3.63, 3.8) is 0 Å². The third-order valence-electron chi connectivity index (χ3n) is 3.00. The largest absolute Gasteiger partial charge is 0.423 e. The molecule has 24 heavy (non-hydrogen) atoms. The molecule has 1 heterocycles. The van der Waals surface area contributed by atoms with E-state index in [2.05, 4.69) is 8.37 Å². The van der Waals surface area contributed by atoms with Crippen molar-refractivity contribution in [2.45, 2.75) is 18.7 Å². The van der Waals surface area contributed by atoms with Crippen LogP contribution >= 0.6 is 0 Å². The Balaban J connectivity index is 2.31. The van der Waals surface area contributed by atoms with Crippen LogP contribution in [0.4, 0.5) is 24.5 Å². The maximum absolute atomic E-state index is 12.9. The zero-order chi connectivity index (χ0) is 18.3. The van der Waals surface area contributed by atoms with Gasteiger partial charge in [-0.1, -0.05) is 0 Å². The van der Waals surface area contributed by atoms with Gasteiger partial charge in [0.05, 0.1) is 4.92 Å². The molecule has 0 radical (unpaired) electrons. The van der Waals surface area contributed by atoms with Crippen LogP contribution in [-0.2, 0) is 29.7 Å². The third-order valence-corrected chi connectivity index (χ3v) is 3.98. The number of benzene rings is 1. The van der Waals surface area contributed by atoms with Crippen molar-refractivity contribution in [3.8, 4) is 0 Å². The standard InChI is InChI=1S/C11H9F3N2O7S/c1-10(5-22-24(20,21)23-10)9(17)15-6-2-3-8(16(18)19)7(4-6)11(12,13)14/h2-4H,5H2,1H3,(H,15,17)/t10-/m1/s1. The molecule has 1 N–H and O–H groups in total. The zero-order valence-electron chi connectivity index (χ0n) is 11.8. The molecule has 1 aliphatic rings. The summed E-state index contributed by atoms with van der Waals surface area (Å²) in [6.45, 7) is 0.392. The Kier molecular flexibility index (Phi) is 4.28. The zero-order valence-corrected chi connectivity index (χ0v) is 12.6. The molecule has 1 aromatic carbocycles. The summed E-state index contributed by atoms with van der Waals surface area (Å²) in [5.74, 6) is -1.09. The van der Waals surface area contributed by atoms with Gasteiger partial charge in [-0.3, -0.25) is 14.9 Å². The van der Waals surface area contributed by atoms with Crippen molar-refractivity contribution >= 4 is 27.7 Å². The number of carbonyl (C=O) groups excluding carboxylic acids is 1. The van der Waals surface area contributed by atoms with Crippen LogP contribution in [0, 0.1) is 10.1 Å². The summed E-state index contributed by atoms with van der Waals surface area (Å²) in [4.78, 5) is 21.4. The highest BCUT2D eigenvalue weighted by atomic mass is 32.3. The fraction of sp³-hybridized carbons (Fsp3) is 0.364. The number of nitrogens with zero attached hydrogens (tertiary/aromatic N) is 1. The number of halogens is 3. The van der Waals surface area contributed by atoms with Crippen LogP contribution in [0.15, 0.2) is 18.2 Å². The monoisotopic (exact) mass is 370 g/mol. The van der Waals surface area contributed by atoms with E-state index in [4.69, 9.17) is 0 Å². The van der Waals surface area contributed by atoms with Gasteiger partial charge < -0.3 is 5.32 Å². The molecule has 1 atom stereocenters. The lowest BCUT2D eigenvalue weighted by molar-refractivity contribution is -0.388. The lowest BCUT2D eigenvalue weighted by Gasteiger charge is -2.18. The van der Waals surface area contributed by atoms with E-state index in [-0.39, 0.29) is 0 Å². The summed E-state index contributed by atoms with van der Waals surface area (Å²) in [6.07, 6.45) is -5.02. The maximum atomic E-state index is 12.9. The normalized spacial score (nSPS) is 23.0. The van der Waals surface area contributed by atoms with Crippen molar-refractivity contribution in [1.29, 1.82) is 0 Å². The number of alkyl halides is 3. The van der Waals surface area contributed by atoms with E-state index in [0.717, 1.165) is 13.0 Å². The van der Waals surface area contributed by atoms with Gasteiger partial charge in [0, 0.05) is 11.8 Å². The molecule has 2 rings (SSSR count). The fourth-order valence-electron chi connectivity index (χ4n) is 1.82. The van der Waals surface area contributed by atoms with Gasteiger partial charge in [-0.2, -0.15) is 21.6 Å². The van der Waals surface area contributed by atoms with E-state index < -0.39 is 56.6 Å². The fourth-order valence-corrected chi connectivity index (χ4v) is 2.82. The van der Waals surface area contributed by atoms with Crippen LogP contribution in [0.1, 0.15) is 12.5 Å². The molecule has 0 aliphatic carbocycles. The molecule has 0 bridgehead atoms. The van der Waals surface area contributed by atoms with Crippen molar-refractivity contribution in [3.05, 3.63) is 33.9 Å². The molecule has 1 aromatic rings. The number of anilines is 1. The van der Waals surface area contributed by atoms with Crippen molar-refractivity contribution in [1.82, 2.24) is 0 Å². The van der Waals surface area contributed by atoms with Crippen LogP contribution in [0.3, 0.4) is 0 Å². The number of amides is 1. The van der Waals surface area contributed by atoms with E-state index in [1.165, 1.54) is 0 Å². The first kappa shape index (κ1) is 18.1. The Hall–Kier alpha value is -2.25. The Morgan fingerprint density at radius 2 is 2.04 bits per heavy atom. The van der Waals surface area contributed by atoms with Gasteiger partial charge in [0.25, 0.3) is 11.6 Å². The van der Waals surface area contributed by atoms with Crippen LogP contribution < -0.4 is 5.32 Å². The first-order valence-electron chi connectivity index (χ1n) is 6.11. The summed E-state index contributed by atoms with van der Waals surface area (Å²) in [6, 6.07) is 1.81. The first-order chi connectivity index (χ1) is 10.8. The molecule has 0 spiro atoms. The average molecular weight is 370 g/mol. The van der Waals surface area contributed by atoms with Gasteiger partial charge in [0.15, 0.2) is 5.60 Å². The number of hydrogen-bond donors (Lipinski definition) is 1. The molecular formula is C11H9F3N2O7S. The molecule has 1 fully saturated rings. The minimum absolute atomic E-state index is 0.365. The van der Waals surface area contributed by atoms with Gasteiger partial charge in [-0.05, 0) is 19.1 Å². The van der Waals surface area contributed by atoms with Gasteiger partial charge in [-0.15, -0.1) is 0 Å². The van der Waals surface area contributed by atoms with E-state index >= 15 is 0 Å². The van der Waals surface area contributed by atoms with E-state index in [9.17, 15) is 36.5 Å². The second-order valence-corrected chi connectivity index (χ2v) is 6.14. The van der Waals surface area contributed by atoms with Gasteiger partial charge in [0.1, 0.15) is 12.2 Å². The van der Waals surface area contributed by atoms with E-state index in [1.54, 1.807) is 0 Å². The van der Waals surface area contributed by atoms with Gasteiger partial charge in [-0.25, -0.2) is 8.37 Å². The highest BCUT2D eigenvalue weighted by Gasteiger charge is 2.47. The van der Waals surface area contributed by atoms with Gasteiger partial charge >= 0.3 is 16.6 Å². The number of nitro groups is 1. The molecule has 1 aliphatic heterocycles. The molecule has 0 aromatic heterocycles. The van der Waals surface area contributed by atoms with Crippen molar-refractivity contribution in [2.24, 2.45) is 0 Å². The average Bonchev–Trinajstić information content (AvgIpc) is 2.72. The van der Waals surface area contributed by atoms with Crippen molar-refractivity contribution in [2.75, 3.05) is 11.9 Å². The van der Waals surface area contributed by atoms with E-state index in [1.807, 2.05) is 5.32 Å². The highest BCUT2D eigenvalue weighted by molar-refractivity contribution is 7.82. The summed E-state index contributed by atoms with van der Waals surface area (Å²) < 4.78 is 69.4. The highest BCUT2D eigenvalue weighted by Crippen LogP contribution is 2.38. The second-order valence-electron chi connectivity index (χ2n) is 4.93. The van der Waals surface area contributed by atoms with Crippen LogP contribution in [0.5, 0.6) is 0 Å². The van der Waals surface area contributed by atoms with Crippen LogP contribution in [-0.4, -0.2) is 31.5 Å². The second kappa shape index (κ2) is 5.68. The summed E-state index contributed by atoms with van der Waals surface area (Å²) in [7, 11) is -4.37. The smallest absolute Gasteiger partial charge is 0.323 e. The Labute approximate surface area is 132 Å².